The highest BCUT2D eigenvalue weighted by Gasteiger charge is 2.50. The van der Waals surface area contributed by atoms with Crippen LogP contribution in [-0.2, 0) is 67.9 Å². The third-order valence-corrected chi connectivity index (χ3v) is 8.15. The fourth-order valence-electron chi connectivity index (χ4n) is 4.23. The van der Waals surface area contributed by atoms with Gasteiger partial charge in [0, 0.05) is 5.92 Å². The summed E-state index contributed by atoms with van der Waals surface area (Å²) in [5.74, 6) is -0.857. The highest BCUT2D eigenvalue weighted by molar-refractivity contribution is 7.83. The van der Waals surface area contributed by atoms with Crippen LogP contribution in [0.3, 0.4) is 0 Å². The van der Waals surface area contributed by atoms with E-state index in [0.29, 0.717) is 0 Å². The van der Waals surface area contributed by atoms with Gasteiger partial charge in [0.2, 0.25) is 0 Å². The summed E-state index contributed by atoms with van der Waals surface area (Å²) in [6, 6.07) is -1.75. The van der Waals surface area contributed by atoms with Crippen LogP contribution in [0.15, 0.2) is 0 Å². The van der Waals surface area contributed by atoms with Crippen molar-refractivity contribution in [2.45, 2.75) is 94.3 Å². The molecule has 13 atom stereocenters. The summed E-state index contributed by atoms with van der Waals surface area (Å²) in [5, 5.41) is 41.7. The van der Waals surface area contributed by atoms with Crippen molar-refractivity contribution >= 4 is 37.4 Å². The van der Waals surface area contributed by atoms with Gasteiger partial charge in [-0.1, -0.05) is 6.92 Å². The number of carbonyl (C=O) groups excluding carboxylic acids is 1. The van der Waals surface area contributed by atoms with Crippen LogP contribution >= 0.6 is 0 Å². The van der Waals surface area contributed by atoms with Crippen molar-refractivity contribution in [3.63, 3.8) is 0 Å². The molecule has 2 heterocycles. The molecule has 0 aromatic carbocycles. The molecule has 266 valence electrons. The highest BCUT2D eigenvalue weighted by Crippen LogP contribution is 2.32. The van der Waals surface area contributed by atoms with Gasteiger partial charge >= 0.3 is 31.1 Å². The Bertz CT molecular complexity index is 1280. The normalized spacial score (nSPS) is 35.4. The molecule has 0 spiro atoms. The quantitative estimate of drug-likeness (QED) is 0.0516. The summed E-state index contributed by atoms with van der Waals surface area (Å²) < 4.78 is 131. The summed E-state index contributed by atoms with van der Waals surface area (Å²) in [6.07, 6.45) is -16.6. The molecule has 2 aliphatic rings. The van der Waals surface area contributed by atoms with Gasteiger partial charge in [-0.15, -0.1) is 0 Å². The fourth-order valence-corrected chi connectivity index (χ4v) is 5.42. The van der Waals surface area contributed by atoms with E-state index in [9.17, 15) is 50.5 Å². The van der Waals surface area contributed by atoms with Crippen molar-refractivity contribution in [2.24, 2.45) is 5.92 Å². The van der Waals surface area contributed by atoms with Crippen LogP contribution in [0.2, 0.25) is 0 Å². The van der Waals surface area contributed by atoms with Gasteiger partial charge in [0.15, 0.2) is 18.9 Å². The first-order chi connectivity index (χ1) is 20.5. The van der Waals surface area contributed by atoms with Crippen LogP contribution in [0, 0.1) is 5.92 Å². The lowest BCUT2D eigenvalue weighted by molar-refractivity contribution is -0.347. The molecule has 2 saturated heterocycles. The van der Waals surface area contributed by atoms with Crippen molar-refractivity contribution < 1.29 is 96.2 Å². The van der Waals surface area contributed by atoms with E-state index >= 15 is 0 Å². The lowest BCUT2D eigenvalue weighted by Gasteiger charge is -2.46. The van der Waals surface area contributed by atoms with Crippen LogP contribution in [0.25, 0.3) is 0 Å². The molecule has 2 aliphatic heterocycles. The molecule has 2 rings (SSSR count). The number of rotatable bonds is 17. The smallest absolute Gasteiger partial charge is 0.390 e. The van der Waals surface area contributed by atoms with Crippen molar-refractivity contribution in [2.75, 3.05) is 19.8 Å². The fraction of sp³-hybridized carbons (Fsp3) is 0.950. The van der Waals surface area contributed by atoms with Gasteiger partial charge < -0.3 is 48.9 Å². The molecule has 45 heavy (non-hydrogen) atoms. The molecular formula is C20H37NO21S3. The van der Waals surface area contributed by atoms with Crippen LogP contribution < -0.4 is 4.72 Å². The molecule has 22 nitrogen and oxygen atoms in total. The molecule has 0 saturated carbocycles. The third-order valence-electron chi connectivity index (χ3n) is 6.65. The summed E-state index contributed by atoms with van der Waals surface area (Å²) >= 11 is 0. The van der Waals surface area contributed by atoms with Crippen molar-refractivity contribution in [1.82, 2.24) is 4.72 Å². The summed E-state index contributed by atoms with van der Waals surface area (Å²) in [4.78, 5) is 11.9. The molecule has 0 aromatic rings. The van der Waals surface area contributed by atoms with Gasteiger partial charge in [0.25, 0.3) is 0 Å². The maximum absolute atomic E-state index is 11.9. The first-order valence-electron chi connectivity index (χ1n) is 12.9. The first kappa shape index (κ1) is 40.1. The zero-order valence-electron chi connectivity index (χ0n) is 23.8. The second-order valence-corrected chi connectivity index (χ2v) is 13.5. The Hall–Kier alpha value is -1.08. The molecule has 2 fully saturated rings. The lowest BCUT2D eigenvalue weighted by Crippen LogP contribution is -2.63. The number of nitrogens with one attached hydrogen (secondary N) is 1. The van der Waals surface area contributed by atoms with E-state index in [1.54, 1.807) is 0 Å². The second kappa shape index (κ2) is 16.3. The monoisotopic (exact) mass is 723 g/mol. The second-order valence-electron chi connectivity index (χ2n) is 10.2. The maximum atomic E-state index is 11.9. The summed E-state index contributed by atoms with van der Waals surface area (Å²) in [7, 11) is -15.2. The molecular weight excluding hydrogens is 686 g/mol. The van der Waals surface area contributed by atoms with Crippen LogP contribution in [0.5, 0.6) is 0 Å². The number of hydrogen-bond acceptors (Lipinski definition) is 18. The Morgan fingerprint density at radius 3 is 1.91 bits per heavy atom. The van der Waals surface area contributed by atoms with Crippen molar-refractivity contribution in [3.05, 3.63) is 0 Å². The minimum atomic E-state index is -5.11. The topological polar surface area (TPSA) is 338 Å². The zero-order chi connectivity index (χ0) is 34.5. The van der Waals surface area contributed by atoms with Crippen molar-refractivity contribution in [1.29, 1.82) is 0 Å². The Balaban J connectivity index is 2.18. The third kappa shape index (κ3) is 12.8. The Labute approximate surface area is 258 Å². The minimum absolute atomic E-state index is 0.194. The molecule has 0 aliphatic carbocycles. The summed E-state index contributed by atoms with van der Waals surface area (Å²) in [6.45, 7) is 0.926. The molecule has 8 N–H and O–H groups in total. The van der Waals surface area contributed by atoms with Crippen molar-refractivity contribution in [3.8, 4) is 0 Å². The number of ether oxygens (including phenoxy) is 5. The van der Waals surface area contributed by atoms with Gasteiger partial charge in [-0.25, -0.2) is 8.37 Å². The number of aliphatic hydroxyl groups excluding tert-OH is 4. The average molecular weight is 724 g/mol. The molecule has 5 unspecified atom stereocenters. The Kier molecular flexibility index (Phi) is 14.6. The zero-order valence-corrected chi connectivity index (χ0v) is 26.2. The molecule has 0 radical (unpaired) electrons. The van der Waals surface area contributed by atoms with Gasteiger partial charge in [0.05, 0.1) is 44.2 Å². The average Bonchev–Trinajstić information content (AvgIpc) is 2.90. The Morgan fingerprint density at radius 1 is 0.800 bits per heavy atom. The number of aldehydes is 1. The number of hydrogen-bond donors (Lipinski definition) is 8. The number of aliphatic hydroxyl groups is 4. The van der Waals surface area contributed by atoms with Crippen LogP contribution in [0.1, 0.15) is 20.8 Å². The lowest BCUT2D eigenvalue weighted by atomic mass is 9.92. The van der Waals surface area contributed by atoms with E-state index in [1.165, 1.54) is 18.6 Å². The van der Waals surface area contributed by atoms with Crippen LogP contribution in [-0.4, -0.2) is 159 Å². The first-order valence-corrected chi connectivity index (χ1v) is 17.1. The van der Waals surface area contributed by atoms with E-state index in [-0.39, 0.29) is 6.29 Å². The Morgan fingerprint density at radius 2 is 1.38 bits per heavy atom. The predicted molar refractivity (Wildman–Crippen MR) is 141 cm³/mol. The predicted octanol–water partition coefficient (Wildman–Crippen LogP) is -4.69. The molecule has 0 amide bonds. The molecule has 0 bridgehead atoms. The van der Waals surface area contributed by atoms with E-state index in [4.69, 9.17) is 37.3 Å². The van der Waals surface area contributed by atoms with E-state index in [1.807, 2.05) is 0 Å². The van der Waals surface area contributed by atoms with Gasteiger partial charge in [-0.3, -0.25) is 13.7 Å². The van der Waals surface area contributed by atoms with Gasteiger partial charge in [0.1, 0.15) is 36.6 Å². The highest BCUT2D eigenvalue weighted by atomic mass is 32.3. The van der Waals surface area contributed by atoms with E-state index < -0.39 is 130 Å². The van der Waals surface area contributed by atoms with Gasteiger partial charge in [-0.2, -0.15) is 30.0 Å². The van der Waals surface area contributed by atoms with Crippen LogP contribution in [0.4, 0.5) is 0 Å². The molecule has 25 heteroatoms. The largest absolute Gasteiger partial charge is 0.397 e. The summed E-state index contributed by atoms with van der Waals surface area (Å²) in [5.41, 5.74) is 0. The maximum Gasteiger partial charge on any atom is 0.397 e. The van der Waals surface area contributed by atoms with E-state index in [2.05, 4.69) is 8.37 Å². The minimum Gasteiger partial charge on any atom is -0.390 e. The standard InChI is InChI=1S/C20H37NO21S3/c1-8-14(23)15(24)10(3)40-19(8)42-18-12(4-22)41-20(17(26)16(18)25)39-9(2)13(7-38-45(33,34)35)36-5-11(21-43(27,28)29)6-37-44(30,31)32/h4,8-21,23-26H,5-7H2,1-3H3,(H,27,28,29)(H,30,31,32)(H,33,34,35)/t8-,9-,10?,11+,12?,13?,14?,15+,16?,17-,18+,19-,20+/m0/s1. The molecule has 0 aromatic heterocycles. The van der Waals surface area contributed by atoms with Gasteiger partial charge in [-0.05, 0) is 13.8 Å². The number of carbonyl (C=O) groups is 1. The van der Waals surface area contributed by atoms with E-state index in [0.717, 1.165) is 6.92 Å². The SMILES string of the molecule is CC1O[C@@H](O[C@@H]2C(C=O)O[C@@H](O[C@@H](C)C(COS(=O)(=O)O)OC[C@H](COS(=O)(=O)O)NS(=O)(=O)O)[C@@H](O)C2O)[C@@H](C)C(O)[C@@H]1O.